The zero-order valence-corrected chi connectivity index (χ0v) is 11.7. The highest BCUT2D eigenvalue weighted by Gasteiger charge is 2.31. The summed E-state index contributed by atoms with van der Waals surface area (Å²) in [5, 5.41) is 3.06. The largest absolute Gasteiger partial charge is 0.356 e. The van der Waals surface area contributed by atoms with Crippen LogP contribution in [0.25, 0.3) is 0 Å². The van der Waals surface area contributed by atoms with E-state index in [0.29, 0.717) is 12.5 Å². The number of carbonyl (C=O) groups excluding carboxylic acids is 1. The Balaban J connectivity index is 1.78. The second-order valence-electron chi connectivity index (χ2n) is 5.56. The third kappa shape index (κ3) is 3.80. The molecule has 0 unspecified atom stereocenters. The summed E-state index contributed by atoms with van der Waals surface area (Å²) in [6.07, 6.45) is 4.13. The van der Waals surface area contributed by atoms with Crippen LogP contribution in [0.15, 0.2) is 24.3 Å². The lowest BCUT2D eigenvalue weighted by atomic mass is 9.95. The van der Waals surface area contributed by atoms with Crippen molar-refractivity contribution in [2.45, 2.75) is 32.6 Å². The van der Waals surface area contributed by atoms with Crippen LogP contribution >= 0.6 is 0 Å². The molecule has 3 N–H and O–H groups in total. The van der Waals surface area contributed by atoms with E-state index in [2.05, 4.69) is 36.5 Å². The maximum Gasteiger partial charge on any atom is 0.223 e. The monoisotopic (exact) mass is 260 g/mol. The molecule has 3 nitrogen and oxygen atoms in total. The first-order valence-electron chi connectivity index (χ1n) is 7.24. The Morgan fingerprint density at radius 3 is 3.00 bits per heavy atom. The molecule has 0 bridgehead atoms. The van der Waals surface area contributed by atoms with Crippen LogP contribution in [0, 0.1) is 18.8 Å². The van der Waals surface area contributed by atoms with Crippen molar-refractivity contribution in [3.05, 3.63) is 35.4 Å². The molecular weight excluding hydrogens is 236 g/mol. The molecule has 1 aliphatic carbocycles. The van der Waals surface area contributed by atoms with E-state index in [-0.39, 0.29) is 11.8 Å². The number of hydrogen-bond acceptors (Lipinski definition) is 2. The molecule has 1 aliphatic rings. The molecule has 0 spiro atoms. The molecule has 0 saturated heterocycles. The smallest absolute Gasteiger partial charge is 0.223 e. The van der Waals surface area contributed by atoms with Gasteiger partial charge in [0.15, 0.2) is 0 Å². The minimum absolute atomic E-state index is 0.141. The van der Waals surface area contributed by atoms with Crippen molar-refractivity contribution in [3.63, 3.8) is 0 Å². The summed E-state index contributed by atoms with van der Waals surface area (Å²) in [6.45, 7) is 3.44. The highest BCUT2D eigenvalue weighted by atomic mass is 16.1. The first-order chi connectivity index (χ1) is 9.20. The van der Waals surface area contributed by atoms with Gasteiger partial charge in [0.25, 0.3) is 0 Å². The van der Waals surface area contributed by atoms with Gasteiger partial charge in [-0.3, -0.25) is 4.79 Å². The summed E-state index contributed by atoms with van der Waals surface area (Å²) >= 11 is 0. The fraction of sp³-hybridized carbons (Fsp3) is 0.562. The number of nitrogens with one attached hydrogen (secondary N) is 1. The summed E-state index contributed by atoms with van der Waals surface area (Å²) in [5.41, 5.74) is 8.26. The van der Waals surface area contributed by atoms with Gasteiger partial charge < -0.3 is 11.1 Å². The van der Waals surface area contributed by atoms with E-state index in [9.17, 15) is 4.79 Å². The standard InChI is InChI=1S/C16H24N2O/c1-12-4-2-5-13(10-12)8-9-18-16(19)15-7-3-6-14(15)11-17/h2,4-5,10,14-15H,3,6-9,11,17H2,1H3,(H,18,19)/t14-,15-/m1/s1. The SMILES string of the molecule is Cc1cccc(CCNC(=O)[C@@H]2CCC[C@@H]2CN)c1. The second kappa shape index (κ2) is 6.71. The van der Waals surface area contributed by atoms with Gasteiger partial charge in [0.05, 0.1) is 0 Å². The predicted octanol–water partition coefficient (Wildman–Crippen LogP) is 2.03. The van der Waals surface area contributed by atoms with Gasteiger partial charge in [0, 0.05) is 12.5 Å². The van der Waals surface area contributed by atoms with Crippen LogP contribution in [0.2, 0.25) is 0 Å². The van der Waals surface area contributed by atoms with Gasteiger partial charge in [0.2, 0.25) is 5.91 Å². The number of carbonyl (C=O) groups is 1. The zero-order chi connectivity index (χ0) is 13.7. The lowest BCUT2D eigenvalue weighted by molar-refractivity contribution is -0.125. The van der Waals surface area contributed by atoms with E-state index in [1.54, 1.807) is 0 Å². The predicted molar refractivity (Wildman–Crippen MR) is 77.8 cm³/mol. The van der Waals surface area contributed by atoms with Crippen LogP contribution in [0.1, 0.15) is 30.4 Å². The van der Waals surface area contributed by atoms with Crippen LogP contribution < -0.4 is 11.1 Å². The molecule has 0 radical (unpaired) electrons. The quantitative estimate of drug-likeness (QED) is 0.851. The highest BCUT2D eigenvalue weighted by Crippen LogP contribution is 2.30. The Labute approximate surface area is 115 Å². The van der Waals surface area contributed by atoms with Gasteiger partial charge in [-0.2, -0.15) is 0 Å². The lowest BCUT2D eigenvalue weighted by Gasteiger charge is -2.17. The number of nitrogens with two attached hydrogens (primary N) is 1. The van der Waals surface area contributed by atoms with Crippen molar-refractivity contribution in [2.24, 2.45) is 17.6 Å². The molecule has 0 aromatic heterocycles. The Bertz CT molecular complexity index is 431. The molecule has 2 atom stereocenters. The molecule has 1 fully saturated rings. The van der Waals surface area contributed by atoms with Crippen molar-refractivity contribution < 1.29 is 4.79 Å². The van der Waals surface area contributed by atoms with Gasteiger partial charge in [0.1, 0.15) is 0 Å². The minimum atomic E-state index is 0.141. The molecular formula is C16H24N2O. The molecule has 2 rings (SSSR count). The van der Waals surface area contributed by atoms with Crippen molar-refractivity contribution in [1.82, 2.24) is 5.32 Å². The summed E-state index contributed by atoms with van der Waals surface area (Å²) in [7, 11) is 0. The Hall–Kier alpha value is -1.35. The molecule has 1 aromatic rings. The van der Waals surface area contributed by atoms with E-state index in [1.165, 1.54) is 11.1 Å². The van der Waals surface area contributed by atoms with Gasteiger partial charge in [-0.25, -0.2) is 0 Å². The average molecular weight is 260 g/mol. The highest BCUT2D eigenvalue weighted by molar-refractivity contribution is 5.79. The van der Waals surface area contributed by atoms with Crippen molar-refractivity contribution in [3.8, 4) is 0 Å². The Morgan fingerprint density at radius 1 is 1.42 bits per heavy atom. The third-order valence-electron chi connectivity index (χ3n) is 4.09. The fourth-order valence-electron chi connectivity index (χ4n) is 2.99. The van der Waals surface area contributed by atoms with Crippen LogP contribution in [-0.4, -0.2) is 19.0 Å². The normalized spacial score (nSPS) is 22.4. The molecule has 1 amide bonds. The maximum atomic E-state index is 12.1. The van der Waals surface area contributed by atoms with Crippen molar-refractivity contribution in [2.75, 3.05) is 13.1 Å². The molecule has 1 saturated carbocycles. The summed E-state index contributed by atoms with van der Waals surface area (Å²) in [5.74, 6) is 0.724. The summed E-state index contributed by atoms with van der Waals surface area (Å²) in [6, 6.07) is 8.43. The number of rotatable bonds is 5. The van der Waals surface area contributed by atoms with Gasteiger partial charge in [-0.1, -0.05) is 36.2 Å². The van der Waals surface area contributed by atoms with Gasteiger partial charge >= 0.3 is 0 Å². The number of benzene rings is 1. The first-order valence-corrected chi connectivity index (χ1v) is 7.24. The second-order valence-corrected chi connectivity index (χ2v) is 5.56. The Morgan fingerprint density at radius 2 is 2.26 bits per heavy atom. The molecule has 19 heavy (non-hydrogen) atoms. The molecule has 3 heteroatoms. The maximum absolute atomic E-state index is 12.1. The van der Waals surface area contributed by atoms with Crippen molar-refractivity contribution in [1.29, 1.82) is 0 Å². The molecule has 0 aliphatic heterocycles. The van der Waals surface area contributed by atoms with Gasteiger partial charge in [-0.05, 0) is 44.2 Å². The summed E-state index contributed by atoms with van der Waals surface area (Å²) < 4.78 is 0. The fourth-order valence-corrected chi connectivity index (χ4v) is 2.99. The number of aryl methyl sites for hydroxylation is 1. The number of hydrogen-bond donors (Lipinski definition) is 2. The van der Waals surface area contributed by atoms with Crippen LogP contribution in [0.4, 0.5) is 0 Å². The average Bonchev–Trinajstić information content (AvgIpc) is 2.87. The van der Waals surface area contributed by atoms with Gasteiger partial charge in [-0.15, -0.1) is 0 Å². The first kappa shape index (κ1) is 14.1. The van der Waals surface area contributed by atoms with Crippen LogP contribution in [-0.2, 0) is 11.2 Å². The molecule has 104 valence electrons. The Kier molecular flexibility index (Phi) is 4.97. The van der Waals surface area contributed by atoms with E-state index >= 15 is 0 Å². The van der Waals surface area contributed by atoms with E-state index in [4.69, 9.17) is 5.73 Å². The van der Waals surface area contributed by atoms with Crippen molar-refractivity contribution >= 4 is 5.91 Å². The van der Waals surface area contributed by atoms with E-state index in [1.807, 2.05) is 0 Å². The van der Waals surface area contributed by atoms with E-state index < -0.39 is 0 Å². The zero-order valence-electron chi connectivity index (χ0n) is 11.7. The number of amides is 1. The third-order valence-corrected chi connectivity index (χ3v) is 4.09. The lowest BCUT2D eigenvalue weighted by Crippen LogP contribution is -2.36. The molecule has 0 heterocycles. The van der Waals surface area contributed by atoms with Crippen LogP contribution in [0.5, 0.6) is 0 Å². The minimum Gasteiger partial charge on any atom is -0.356 e. The van der Waals surface area contributed by atoms with Crippen LogP contribution in [0.3, 0.4) is 0 Å². The van der Waals surface area contributed by atoms with E-state index in [0.717, 1.165) is 32.2 Å². The molecule has 1 aromatic carbocycles. The summed E-state index contributed by atoms with van der Waals surface area (Å²) in [4.78, 5) is 12.1. The topological polar surface area (TPSA) is 55.1 Å².